The number of amides is 2. The van der Waals surface area contributed by atoms with Crippen molar-refractivity contribution in [3.63, 3.8) is 0 Å². The largest absolute Gasteiger partial charge is 0.446 e. The highest BCUT2D eigenvalue weighted by atomic mass is 16.6. The summed E-state index contributed by atoms with van der Waals surface area (Å²) >= 11 is 0. The summed E-state index contributed by atoms with van der Waals surface area (Å²) in [6.07, 6.45) is 3.71. The average Bonchev–Trinajstić information content (AvgIpc) is 3.34. The second kappa shape index (κ2) is 8.50. The topological polar surface area (TPSA) is 112 Å². The predicted molar refractivity (Wildman–Crippen MR) is 107 cm³/mol. The monoisotopic (exact) mass is 387 g/mol. The van der Waals surface area contributed by atoms with Crippen LogP contribution in [-0.2, 0) is 4.74 Å². The summed E-state index contributed by atoms with van der Waals surface area (Å²) in [5, 5.41) is 12.8. The fraction of sp³-hybridized carbons (Fsp3) is 0.550. The molecule has 2 heterocycles. The molecule has 0 aliphatic heterocycles. The van der Waals surface area contributed by atoms with E-state index in [1.807, 2.05) is 26.0 Å². The minimum absolute atomic E-state index is 0.0557. The molecule has 28 heavy (non-hydrogen) atoms. The van der Waals surface area contributed by atoms with Gasteiger partial charge in [0.15, 0.2) is 5.82 Å². The summed E-state index contributed by atoms with van der Waals surface area (Å²) in [4.78, 5) is 27.3. The summed E-state index contributed by atoms with van der Waals surface area (Å²) in [6, 6.07) is 3.77. The molecule has 1 aliphatic carbocycles. The first-order chi connectivity index (χ1) is 13.3. The third-order valence-electron chi connectivity index (χ3n) is 4.93. The molecule has 0 spiro atoms. The molecule has 2 aromatic heterocycles. The van der Waals surface area contributed by atoms with Crippen molar-refractivity contribution in [2.24, 2.45) is 0 Å². The van der Waals surface area contributed by atoms with E-state index >= 15 is 0 Å². The van der Waals surface area contributed by atoms with Crippen LogP contribution in [-0.4, -0.2) is 39.3 Å². The number of carbonyl (C=O) groups is 2. The van der Waals surface area contributed by atoms with Crippen LogP contribution in [0.2, 0.25) is 0 Å². The molecule has 4 N–H and O–H groups in total. The van der Waals surface area contributed by atoms with E-state index < -0.39 is 0 Å². The Morgan fingerprint density at radius 1 is 1.21 bits per heavy atom. The van der Waals surface area contributed by atoms with E-state index in [4.69, 9.17) is 4.74 Å². The summed E-state index contributed by atoms with van der Waals surface area (Å²) in [6.45, 7) is 7.93. The minimum atomic E-state index is -0.370. The summed E-state index contributed by atoms with van der Waals surface area (Å²) in [7, 11) is 0. The van der Waals surface area contributed by atoms with Crippen LogP contribution in [0.25, 0.3) is 0 Å². The first-order valence-electron chi connectivity index (χ1n) is 9.84. The van der Waals surface area contributed by atoms with Crippen molar-refractivity contribution >= 4 is 17.8 Å². The van der Waals surface area contributed by atoms with Gasteiger partial charge in [0.1, 0.15) is 6.10 Å². The van der Waals surface area contributed by atoms with Gasteiger partial charge in [-0.3, -0.25) is 9.89 Å². The molecule has 1 saturated carbocycles. The van der Waals surface area contributed by atoms with Crippen LogP contribution in [0.15, 0.2) is 18.3 Å². The molecule has 0 radical (unpaired) electrons. The summed E-state index contributed by atoms with van der Waals surface area (Å²) in [5.41, 5.74) is 2.55. The molecule has 0 aromatic carbocycles. The molecular weight excluding hydrogens is 358 g/mol. The van der Waals surface area contributed by atoms with Gasteiger partial charge in [-0.15, -0.1) is 0 Å². The van der Waals surface area contributed by atoms with E-state index in [0.717, 1.165) is 30.7 Å². The molecule has 1 fully saturated rings. The number of alkyl carbamates (subject to hydrolysis) is 1. The van der Waals surface area contributed by atoms with Crippen molar-refractivity contribution in [1.29, 1.82) is 0 Å². The van der Waals surface area contributed by atoms with E-state index in [1.54, 1.807) is 6.20 Å². The molecule has 2 aromatic rings. The Kier molecular flexibility index (Phi) is 6.06. The van der Waals surface area contributed by atoms with E-state index in [0.29, 0.717) is 17.3 Å². The van der Waals surface area contributed by atoms with Gasteiger partial charge in [0.25, 0.3) is 5.91 Å². The molecule has 1 aliphatic rings. The highest BCUT2D eigenvalue weighted by Gasteiger charge is 2.30. The minimum Gasteiger partial charge on any atom is -0.446 e. The Balaban J connectivity index is 1.54. The molecule has 0 unspecified atom stereocenters. The second-order valence-corrected chi connectivity index (χ2v) is 8.00. The molecule has 8 heteroatoms. The Morgan fingerprint density at radius 2 is 2.00 bits per heavy atom. The van der Waals surface area contributed by atoms with Crippen LogP contribution in [0.5, 0.6) is 0 Å². The van der Waals surface area contributed by atoms with Gasteiger partial charge in [-0.2, -0.15) is 5.10 Å². The number of nitrogens with one attached hydrogen (secondary N) is 4. The van der Waals surface area contributed by atoms with E-state index in [1.165, 1.54) is 0 Å². The normalized spacial score (nSPS) is 19.2. The summed E-state index contributed by atoms with van der Waals surface area (Å²) < 4.78 is 5.47. The highest BCUT2D eigenvalue weighted by molar-refractivity contribution is 6.03. The van der Waals surface area contributed by atoms with Crippen LogP contribution >= 0.6 is 0 Å². The van der Waals surface area contributed by atoms with E-state index in [-0.39, 0.29) is 30.1 Å². The van der Waals surface area contributed by atoms with Crippen molar-refractivity contribution in [2.75, 3.05) is 5.32 Å². The highest BCUT2D eigenvalue weighted by Crippen LogP contribution is 2.35. The number of hydrogen-bond donors (Lipinski definition) is 4. The Bertz CT molecular complexity index is 823. The maximum Gasteiger partial charge on any atom is 0.407 e. The lowest BCUT2D eigenvalue weighted by Crippen LogP contribution is -2.33. The Morgan fingerprint density at radius 3 is 2.68 bits per heavy atom. The van der Waals surface area contributed by atoms with Crippen molar-refractivity contribution in [3.05, 3.63) is 35.3 Å². The van der Waals surface area contributed by atoms with E-state index in [9.17, 15) is 9.59 Å². The van der Waals surface area contributed by atoms with Gasteiger partial charge in [-0.25, -0.2) is 4.79 Å². The average molecular weight is 387 g/mol. The van der Waals surface area contributed by atoms with Gasteiger partial charge in [-0.1, -0.05) is 13.8 Å². The molecule has 2 atom stereocenters. The standard InChI is InChI=1S/C20H29N5O3/c1-11(2)16-8-14(10-21-16)19(26)23-18-9-17(24-25-18)13-5-6-15(7-13)28-20(27)22-12(3)4/h8-13,15,21H,5-7H2,1-4H3,(H,22,27)(H2,23,24,25,26)/t13-,15+/m0/s1. The molecule has 0 saturated heterocycles. The smallest absolute Gasteiger partial charge is 0.407 e. The van der Waals surface area contributed by atoms with E-state index in [2.05, 4.69) is 39.7 Å². The van der Waals surface area contributed by atoms with Crippen LogP contribution in [0.4, 0.5) is 10.6 Å². The number of nitrogens with zero attached hydrogens (tertiary/aromatic N) is 1. The lowest BCUT2D eigenvalue weighted by atomic mass is 10.0. The molecule has 8 nitrogen and oxygen atoms in total. The fourth-order valence-electron chi connectivity index (χ4n) is 3.43. The van der Waals surface area contributed by atoms with Gasteiger partial charge in [-0.05, 0) is 45.1 Å². The first kappa shape index (κ1) is 20.0. The Labute approximate surface area is 164 Å². The summed E-state index contributed by atoms with van der Waals surface area (Å²) in [5.74, 6) is 0.863. The number of carbonyl (C=O) groups excluding carboxylic acids is 2. The third kappa shape index (κ3) is 4.94. The van der Waals surface area contributed by atoms with Gasteiger partial charge in [0.05, 0.1) is 5.56 Å². The zero-order valence-corrected chi connectivity index (χ0v) is 16.8. The lowest BCUT2D eigenvalue weighted by Gasteiger charge is -2.14. The van der Waals surface area contributed by atoms with Crippen molar-refractivity contribution in [2.45, 2.75) is 70.9 Å². The molecule has 152 valence electrons. The molecular formula is C20H29N5O3. The fourth-order valence-corrected chi connectivity index (χ4v) is 3.43. The quantitative estimate of drug-likeness (QED) is 0.602. The zero-order valence-electron chi connectivity index (χ0n) is 16.8. The maximum absolute atomic E-state index is 12.4. The number of ether oxygens (including phenoxy) is 1. The Hall–Kier alpha value is -2.77. The van der Waals surface area contributed by atoms with Gasteiger partial charge < -0.3 is 20.4 Å². The zero-order chi connectivity index (χ0) is 20.3. The SMILES string of the molecule is CC(C)NC(=O)O[C@@H]1CC[C@H](c2cc(NC(=O)c3c[nH]c(C(C)C)c3)n[nH]2)C1. The molecule has 2 amide bonds. The third-order valence-corrected chi connectivity index (χ3v) is 4.93. The van der Waals surface area contributed by atoms with Crippen molar-refractivity contribution in [3.8, 4) is 0 Å². The van der Waals surface area contributed by atoms with Crippen LogP contribution in [0.3, 0.4) is 0 Å². The van der Waals surface area contributed by atoms with Crippen LogP contribution in [0, 0.1) is 0 Å². The van der Waals surface area contributed by atoms with Crippen LogP contribution in [0.1, 0.15) is 80.5 Å². The van der Waals surface area contributed by atoms with Gasteiger partial charge in [0, 0.05) is 35.6 Å². The first-order valence-corrected chi connectivity index (χ1v) is 9.84. The molecule has 0 bridgehead atoms. The van der Waals surface area contributed by atoms with Crippen molar-refractivity contribution in [1.82, 2.24) is 20.5 Å². The van der Waals surface area contributed by atoms with Gasteiger partial charge in [0.2, 0.25) is 0 Å². The predicted octanol–water partition coefficient (Wildman–Crippen LogP) is 3.88. The number of rotatable bonds is 6. The van der Waals surface area contributed by atoms with Gasteiger partial charge >= 0.3 is 6.09 Å². The number of aromatic amines is 2. The number of hydrogen-bond acceptors (Lipinski definition) is 4. The number of H-pyrrole nitrogens is 2. The second-order valence-electron chi connectivity index (χ2n) is 8.00. The number of aromatic nitrogens is 3. The maximum atomic E-state index is 12.4. The van der Waals surface area contributed by atoms with Crippen LogP contribution < -0.4 is 10.6 Å². The molecule has 3 rings (SSSR count). The lowest BCUT2D eigenvalue weighted by molar-refractivity contribution is 0.0979. The van der Waals surface area contributed by atoms with Crippen molar-refractivity contribution < 1.29 is 14.3 Å². The number of anilines is 1.